The van der Waals surface area contributed by atoms with Crippen LogP contribution >= 0.6 is 0 Å². The molecule has 8 heteroatoms. The van der Waals surface area contributed by atoms with Gasteiger partial charge >= 0.3 is 18.3 Å². The van der Waals surface area contributed by atoms with Crippen molar-refractivity contribution in [3.05, 3.63) is 35.4 Å². The normalized spacial score (nSPS) is 14.3. The zero-order valence-corrected chi connectivity index (χ0v) is 8.51. The van der Waals surface area contributed by atoms with Gasteiger partial charge in [0.1, 0.15) is 0 Å². The number of benzene rings is 1. The zero-order valence-electron chi connectivity index (χ0n) is 8.51. The SMILES string of the molecule is O=C(O)C(c1cccc(C(F)(F)F)c1)C(F)(F)F. The minimum Gasteiger partial charge on any atom is -0.481 e. The number of carbonyl (C=O) groups is 1. The van der Waals surface area contributed by atoms with Crippen LogP contribution in [-0.4, -0.2) is 17.3 Å². The highest BCUT2D eigenvalue weighted by molar-refractivity contribution is 5.77. The lowest BCUT2D eigenvalue weighted by Crippen LogP contribution is -2.28. The van der Waals surface area contributed by atoms with Crippen LogP contribution in [0.25, 0.3) is 0 Å². The summed E-state index contributed by atoms with van der Waals surface area (Å²) in [5.74, 6) is -5.22. The first kappa shape index (κ1) is 14.3. The maximum Gasteiger partial charge on any atom is 0.416 e. The molecule has 0 heterocycles. The number of hydrogen-bond donors (Lipinski definition) is 1. The summed E-state index contributed by atoms with van der Waals surface area (Å²) in [5, 5.41) is 8.45. The molecule has 0 spiro atoms. The lowest BCUT2D eigenvalue weighted by atomic mass is 9.97. The Bertz CT molecular complexity index is 448. The number of hydrogen-bond acceptors (Lipinski definition) is 1. The van der Waals surface area contributed by atoms with Crippen molar-refractivity contribution in [2.45, 2.75) is 18.3 Å². The van der Waals surface area contributed by atoms with E-state index in [0.717, 1.165) is 6.07 Å². The predicted molar refractivity (Wildman–Crippen MR) is 47.9 cm³/mol. The highest BCUT2D eigenvalue weighted by Crippen LogP contribution is 2.37. The molecule has 1 unspecified atom stereocenters. The second kappa shape index (κ2) is 4.51. The molecule has 0 saturated carbocycles. The van der Waals surface area contributed by atoms with Gasteiger partial charge in [0.05, 0.1) is 5.56 Å². The summed E-state index contributed by atoms with van der Waals surface area (Å²) in [6.07, 6.45) is -9.99. The maximum atomic E-state index is 12.4. The first-order valence-electron chi connectivity index (χ1n) is 4.50. The fourth-order valence-corrected chi connectivity index (χ4v) is 1.37. The quantitative estimate of drug-likeness (QED) is 0.837. The summed E-state index contributed by atoms with van der Waals surface area (Å²) >= 11 is 0. The molecule has 2 nitrogen and oxygen atoms in total. The largest absolute Gasteiger partial charge is 0.481 e. The third kappa shape index (κ3) is 3.14. The first-order valence-corrected chi connectivity index (χ1v) is 4.50. The van der Waals surface area contributed by atoms with Gasteiger partial charge in [0.25, 0.3) is 0 Å². The van der Waals surface area contributed by atoms with Crippen molar-refractivity contribution in [1.82, 2.24) is 0 Å². The third-order valence-electron chi connectivity index (χ3n) is 2.12. The second-order valence-electron chi connectivity index (χ2n) is 3.44. The Morgan fingerprint density at radius 2 is 1.67 bits per heavy atom. The Morgan fingerprint density at radius 1 is 1.11 bits per heavy atom. The molecule has 0 aliphatic heterocycles. The third-order valence-corrected chi connectivity index (χ3v) is 2.12. The summed E-state index contributed by atoms with van der Waals surface area (Å²) in [6.45, 7) is 0. The number of carboxylic acid groups (broad SMARTS) is 1. The number of rotatable bonds is 2. The zero-order chi connectivity index (χ0) is 14.1. The minimum atomic E-state index is -5.16. The van der Waals surface area contributed by atoms with Crippen molar-refractivity contribution < 1.29 is 36.2 Å². The molecule has 100 valence electrons. The monoisotopic (exact) mass is 272 g/mol. The van der Waals surface area contributed by atoms with Gasteiger partial charge in [0.15, 0.2) is 5.92 Å². The number of halogens is 6. The average Bonchev–Trinajstić information content (AvgIpc) is 2.13. The molecule has 1 rings (SSSR count). The molecule has 0 aliphatic rings. The number of alkyl halides is 6. The minimum absolute atomic E-state index is 0.187. The molecular weight excluding hydrogens is 266 g/mol. The van der Waals surface area contributed by atoms with Crippen LogP contribution < -0.4 is 0 Å². The first-order chi connectivity index (χ1) is 8.03. The Hall–Kier alpha value is -1.73. The van der Waals surface area contributed by atoms with Crippen molar-refractivity contribution in [3.8, 4) is 0 Å². The molecule has 0 aliphatic carbocycles. The van der Waals surface area contributed by atoms with E-state index in [1.54, 1.807) is 0 Å². The maximum absolute atomic E-state index is 12.4. The molecule has 0 amide bonds. The van der Waals surface area contributed by atoms with E-state index < -0.39 is 35.4 Å². The van der Waals surface area contributed by atoms with Crippen LogP contribution in [0, 0.1) is 0 Å². The van der Waals surface area contributed by atoms with Gasteiger partial charge in [-0.2, -0.15) is 26.3 Å². The summed E-state index contributed by atoms with van der Waals surface area (Å²) in [7, 11) is 0. The van der Waals surface area contributed by atoms with E-state index in [4.69, 9.17) is 5.11 Å². The van der Waals surface area contributed by atoms with Crippen molar-refractivity contribution in [3.63, 3.8) is 0 Å². The molecule has 0 saturated heterocycles. The summed E-state index contributed by atoms with van der Waals surface area (Å²) in [5.41, 5.74) is -2.28. The Balaban J connectivity index is 3.27. The van der Waals surface area contributed by atoms with E-state index in [1.165, 1.54) is 0 Å². The molecule has 0 bridgehead atoms. The van der Waals surface area contributed by atoms with Gasteiger partial charge in [0.2, 0.25) is 0 Å². The predicted octanol–water partition coefficient (Wildman–Crippen LogP) is 3.44. The lowest BCUT2D eigenvalue weighted by Gasteiger charge is -2.17. The standard InChI is InChI=1S/C10H6F6O2/c11-9(12,13)6-3-1-2-5(4-6)7(8(17)18)10(14,15)16/h1-4,7H,(H,17,18). The highest BCUT2D eigenvalue weighted by Gasteiger charge is 2.46. The van der Waals surface area contributed by atoms with Crippen LogP contribution in [0.4, 0.5) is 26.3 Å². The van der Waals surface area contributed by atoms with Gasteiger partial charge in [0, 0.05) is 0 Å². The second-order valence-corrected chi connectivity index (χ2v) is 3.44. The molecule has 1 atom stereocenters. The fraction of sp³-hybridized carbons (Fsp3) is 0.300. The van der Waals surface area contributed by atoms with Crippen molar-refractivity contribution in [2.24, 2.45) is 0 Å². The summed E-state index contributed by atoms with van der Waals surface area (Å²) < 4.78 is 74.2. The van der Waals surface area contributed by atoms with Gasteiger partial charge in [-0.05, 0) is 11.6 Å². The number of aliphatic carboxylic acids is 1. The van der Waals surface area contributed by atoms with Crippen LogP contribution in [0.3, 0.4) is 0 Å². The van der Waals surface area contributed by atoms with E-state index in [1.807, 2.05) is 0 Å². The summed E-state index contributed by atoms with van der Waals surface area (Å²) in [6, 6.07) is 2.19. The average molecular weight is 272 g/mol. The van der Waals surface area contributed by atoms with E-state index in [-0.39, 0.29) is 6.07 Å². The van der Waals surface area contributed by atoms with Crippen molar-refractivity contribution in [1.29, 1.82) is 0 Å². The van der Waals surface area contributed by atoms with Gasteiger partial charge in [-0.15, -0.1) is 0 Å². The van der Waals surface area contributed by atoms with Crippen LogP contribution in [-0.2, 0) is 11.0 Å². The van der Waals surface area contributed by atoms with Crippen LogP contribution in [0.15, 0.2) is 24.3 Å². The van der Waals surface area contributed by atoms with Gasteiger partial charge < -0.3 is 5.11 Å². The molecular formula is C10H6F6O2. The van der Waals surface area contributed by atoms with Gasteiger partial charge in [-0.1, -0.05) is 18.2 Å². The van der Waals surface area contributed by atoms with E-state index in [0.29, 0.717) is 12.1 Å². The molecule has 18 heavy (non-hydrogen) atoms. The topological polar surface area (TPSA) is 37.3 Å². The molecule has 1 aromatic carbocycles. The Labute approximate surface area is 96.8 Å². The van der Waals surface area contributed by atoms with Crippen LogP contribution in [0.2, 0.25) is 0 Å². The molecule has 0 aromatic heterocycles. The lowest BCUT2D eigenvalue weighted by molar-refractivity contribution is -0.176. The van der Waals surface area contributed by atoms with Crippen molar-refractivity contribution >= 4 is 5.97 Å². The smallest absolute Gasteiger partial charge is 0.416 e. The fourth-order valence-electron chi connectivity index (χ4n) is 1.37. The molecule has 0 radical (unpaired) electrons. The van der Waals surface area contributed by atoms with E-state index in [9.17, 15) is 31.1 Å². The molecule has 1 N–H and O–H groups in total. The van der Waals surface area contributed by atoms with E-state index in [2.05, 4.69) is 0 Å². The summed E-state index contributed by atoms with van der Waals surface area (Å²) in [4.78, 5) is 10.5. The van der Waals surface area contributed by atoms with Crippen molar-refractivity contribution in [2.75, 3.05) is 0 Å². The van der Waals surface area contributed by atoms with E-state index >= 15 is 0 Å². The number of carboxylic acids is 1. The Kier molecular flexibility index (Phi) is 3.59. The van der Waals surface area contributed by atoms with Gasteiger partial charge in [-0.25, -0.2) is 0 Å². The van der Waals surface area contributed by atoms with Crippen LogP contribution in [0.1, 0.15) is 17.0 Å². The molecule has 1 aromatic rings. The Morgan fingerprint density at radius 3 is 2.06 bits per heavy atom. The van der Waals surface area contributed by atoms with Crippen LogP contribution in [0.5, 0.6) is 0 Å². The van der Waals surface area contributed by atoms with Gasteiger partial charge in [-0.3, -0.25) is 4.79 Å². The molecule has 0 fully saturated rings. The highest BCUT2D eigenvalue weighted by atomic mass is 19.4.